The van der Waals surface area contributed by atoms with Crippen LogP contribution in [0.15, 0.2) is 24.3 Å². The lowest BCUT2D eigenvalue weighted by Crippen LogP contribution is -2.19. The smallest absolute Gasteiger partial charge is 0.341 e. The molecule has 2 rings (SSSR count). The number of esters is 1. The molecule has 1 heterocycles. The Labute approximate surface area is 126 Å². The SMILES string of the molecule is COC(=O)c1ccc(NC(=O)Nc2cc(C)[nH]n2)cc1OC. The Morgan fingerprint density at radius 3 is 2.55 bits per heavy atom. The van der Waals surface area contributed by atoms with E-state index in [-0.39, 0.29) is 5.56 Å². The maximum absolute atomic E-state index is 11.9. The van der Waals surface area contributed by atoms with Crippen molar-refractivity contribution in [2.24, 2.45) is 0 Å². The molecule has 0 aliphatic carbocycles. The normalized spacial score (nSPS) is 9.95. The average Bonchev–Trinajstić information content (AvgIpc) is 2.91. The summed E-state index contributed by atoms with van der Waals surface area (Å²) in [6.07, 6.45) is 0. The number of ether oxygens (including phenoxy) is 2. The van der Waals surface area contributed by atoms with Gasteiger partial charge in [-0.15, -0.1) is 0 Å². The molecule has 0 saturated heterocycles. The molecule has 2 aromatic rings. The summed E-state index contributed by atoms with van der Waals surface area (Å²) in [5, 5.41) is 11.8. The van der Waals surface area contributed by atoms with Gasteiger partial charge in [0.1, 0.15) is 11.3 Å². The van der Waals surface area contributed by atoms with Crippen molar-refractivity contribution in [1.29, 1.82) is 0 Å². The topological polar surface area (TPSA) is 105 Å². The number of hydrogen-bond acceptors (Lipinski definition) is 5. The van der Waals surface area contributed by atoms with E-state index in [0.29, 0.717) is 17.3 Å². The van der Waals surface area contributed by atoms with Gasteiger partial charge >= 0.3 is 12.0 Å². The summed E-state index contributed by atoms with van der Waals surface area (Å²) >= 11 is 0. The third-order valence-electron chi connectivity index (χ3n) is 2.81. The zero-order valence-corrected chi connectivity index (χ0v) is 12.4. The molecule has 8 nitrogen and oxygen atoms in total. The maximum atomic E-state index is 11.9. The number of carbonyl (C=O) groups excluding carboxylic acids is 2. The van der Waals surface area contributed by atoms with Gasteiger partial charge in [0.15, 0.2) is 5.82 Å². The second-order valence-corrected chi connectivity index (χ2v) is 4.42. The van der Waals surface area contributed by atoms with E-state index in [0.717, 1.165) is 5.69 Å². The third-order valence-corrected chi connectivity index (χ3v) is 2.81. The van der Waals surface area contributed by atoms with Gasteiger partial charge in [-0.3, -0.25) is 10.4 Å². The Balaban J connectivity index is 2.09. The van der Waals surface area contributed by atoms with Crippen molar-refractivity contribution in [3.63, 3.8) is 0 Å². The molecule has 0 aliphatic rings. The van der Waals surface area contributed by atoms with Crippen LogP contribution in [0.2, 0.25) is 0 Å². The molecule has 1 aromatic heterocycles. The van der Waals surface area contributed by atoms with Gasteiger partial charge in [0.05, 0.1) is 14.2 Å². The van der Waals surface area contributed by atoms with Crippen LogP contribution >= 0.6 is 0 Å². The number of hydrogen-bond donors (Lipinski definition) is 3. The van der Waals surface area contributed by atoms with Gasteiger partial charge in [0, 0.05) is 23.5 Å². The lowest BCUT2D eigenvalue weighted by molar-refractivity contribution is 0.0597. The molecule has 0 aliphatic heterocycles. The number of nitrogens with one attached hydrogen (secondary N) is 3. The molecule has 0 saturated carbocycles. The Bertz CT molecular complexity index is 696. The number of nitrogens with zero attached hydrogens (tertiary/aromatic N) is 1. The van der Waals surface area contributed by atoms with Gasteiger partial charge in [0.25, 0.3) is 0 Å². The number of anilines is 2. The zero-order valence-electron chi connectivity index (χ0n) is 12.4. The van der Waals surface area contributed by atoms with Crippen LogP contribution in [0, 0.1) is 6.92 Å². The standard InChI is InChI=1S/C14H16N4O4/c1-8-6-12(18-17-8)16-14(20)15-9-4-5-10(13(19)22-3)11(7-9)21-2/h4-7H,1-3H3,(H3,15,16,17,18,20). The molecule has 0 spiro atoms. The number of aromatic amines is 1. The van der Waals surface area contributed by atoms with Crippen LogP contribution in [0.1, 0.15) is 16.1 Å². The van der Waals surface area contributed by atoms with Crippen molar-refractivity contribution >= 4 is 23.5 Å². The first kappa shape index (κ1) is 15.4. The molecule has 0 fully saturated rings. The van der Waals surface area contributed by atoms with Crippen molar-refractivity contribution in [1.82, 2.24) is 10.2 Å². The largest absolute Gasteiger partial charge is 0.496 e. The molecule has 2 amide bonds. The van der Waals surface area contributed by atoms with Crippen LogP contribution in [0.25, 0.3) is 0 Å². The van der Waals surface area contributed by atoms with Crippen molar-refractivity contribution in [3.05, 3.63) is 35.5 Å². The second-order valence-electron chi connectivity index (χ2n) is 4.42. The molecule has 0 unspecified atom stereocenters. The lowest BCUT2D eigenvalue weighted by atomic mass is 10.2. The van der Waals surface area contributed by atoms with Crippen molar-refractivity contribution in [2.45, 2.75) is 6.92 Å². The highest BCUT2D eigenvalue weighted by atomic mass is 16.5. The van der Waals surface area contributed by atoms with Gasteiger partial charge in [-0.25, -0.2) is 9.59 Å². The molecule has 3 N–H and O–H groups in total. The molecule has 8 heteroatoms. The highest BCUT2D eigenvalue weighted by Crippen LogP contribution is 2.24. The fraction of sp³-hybridized carbons (Fsp3) is 0.214. The van der Waals surface area contributed by atoms with Crippen molar-refractivity contribution in [3.8, 4) is 5.75 Å². The van der Waals surface area contributed by atoms with E-state index in [4.69, 9.17) is 4.74 Å². The molecule has 0 atom stereocenters. The van der Waals surface area contributed by atoms with Gasteiger partial charge in [-0.1, -0.05) is 0 Å². The Hall–Kier alpha value is -3.03. The number of aryl methyl sites for hydroxylation is 1. The highest BCUT2D eigenvalue weighted by molar-refractivity contribution is 6.00. The van der Waals surface area contributed by atoms with E-state index in [1.807, 2.05) is 6.92 Å². The summed E-state index contributed by atoms with van der Waals surface area (Å²) in [4.78, 5) is 23.4. The number of aromatic nitrogens is 2. The summed E-state index contributed by atoms with van der Waals surface area (Å²) in [5.74, 6) is 0.202. The number of amides is 2. The van der Waals surface area contributed by atoms with Crippen LogP contribution < -0.4 is 15.4 Å². The molecule has 116 valence electrons. The van der Waals surface area contributed by atoms with E-state index < -0.39 is 12.0 Å². The lowest BCUT2D eigenvalue weighted by Gasteiger charge is -2.10. The summed E-state index contributed by atoms with van der Waals surface area (Å²) in [7, 11) is 2.71. The van der Waals surface area contributed by atoms with E-state index in [1.54, 1.807) is 12.1 Å². The van der Waals surface area contributed by atoms with Gasteiger partial charge in [-0.05, 0) is 19.1 Å². The van der Waals surface area contributed by atoms with Crippen molar-refractivity contribution in [2.75, 3.05) is 24.9 Å². The Morgan fingerprint density at radius 2 is 1.95 bits per heavy atom. The average molecular weight is 304 g/mol. The molecular formula is C14H16N4O4. The summed E-state index contributed by atoms with van der Waals surface area (Å²) < 4.78 is 9.77. The Kier molecular flexibility index (Phi) is 4.62. The first-order valence-corrected chi connectivity index (χ1v) is 6.40. The minimum absolute atomic E-state index is 0.277. The zero-order chi connectivity index (χ0) is 16.1. The maximum Gasteiger partial charge on any atom is 0.341 e. The summed E-state index contributed by atoms with van der Waals surface area (Å²) in [6.45, 7) is 1.83. The third kappa shape index (κ3) is 3.54. The van der Waals surface area contributed by atoms with E-state index in [9.17, 15) is 9.59 Å². The number of methoxy groups -OCH3 is 2. The number of carbonyl (C=O) groups is 2. The monoisotopic (exact) mass is 304 g/mol. The van der Waals surface area contributed by atoms with E-state index in [1.165, 1.54) is 26.4 Å². The second kappa shape index (κ2) is 6.61. The fourth-order valence-corrected chi connectivity index (χ4v) is 1.81. The van der Waals surface area contributed by atoms with E-state index in [2.05, 4.69) is 25.6 Å². The molecule has 1 aromatic carbocycles. The minimum Gasteiger partial charge on any atom is -0.496 e. The molecule has 0 radical (unpaired) electrons. The number of benzene rings is 1. The van der Waals surface area contributed by atoms with Crippen molar-refractivity contribution < 1.29 is 19.1 Å². The van der Waals surface area contributed by atoms with Gasteiger partial charge < -0.3 is 14.8 Å². The van der Waals surface area contributed by atoms with Gasteiger partial charge in [-0.2, -0.15) is 5.10 Å². The highest BCUT2D eigenvalue weighted by Gasteiger charge is 2.14. The van der Waals surface area contributed by atoms with Crippen LogP contribution in [0.5, 0.6) is 5.75 Å². The predicted octanol–water partition coefficient (Wildman–Crippen LogP) is 2.16. The number of urea groups is 1. The Morgan fingerprint density at radius 1 is 1.18 bits per heavy atom. The van der Waals surface area contributed by atoms with Crippen LogP contribution in [-0.2, 0) is 4.74 Å². The van der Waals surface area contributed by atoms with E-state index >= 15 is 0 Å². The quantitative estimate of drug-likeness (QED) is 0.751. The molecular weight excluding hydrogens is 288 g/mol. The predicted molar refractivity (Wildman–Crippen MR) is 80.3 cm³/mol. The summed E-state index contributed by atoms with van der Waals surface area (Å²) in [6, 6.07) is 5.85. The summed E-state index contributed by atoms with van der Waals surface area (Å²) in [5.41, 5.74) is 1.58. The number of rotatable bonds is 4. The van der Waals surface area contributed by atoms with Crippen LogP contribution in [0.3, 0.4) is 0 Å². The number of H-pyrrole nitrogens is 1. The fourth-order valence-electron chi connectivity index (χ4n) is 1.81. The van der Waals surface area contributed by atoms with Gasteiger partial charge in [0.2, 0.25) is 0 Å². The first-order chi connectivity index (χ1) is 10.5. The van der Waals surface area contributed by atoms with Crippen LogP contribution in [0.4, 0.5) is 16.3 Å². The first-order valence-electron chi connectivity index (χ1n) is 6.40. The molecule has 0 bridgehead atoms. The minimum atomic E-state index is -0.514. The van der Waals surface area contributed by atoms with Crippen LogP contribution in [-0.4, -0.2) is 36.4 Å². The molecule has 22 heavy (non-hydrogen) atoms.